The maximum atomic E-state index is 13.3. The summed E-state index contributed by atoms with van der Waals surface area (Å²) in [6, 6.07) is 17.4. The van der Waals surface area contributed by atoms with E-state index in [9.17, 15) is 4.79 Å². The normalized spacial score (nSPS) is 15.9. The van der Waals surface area contributed by atoms with Crippen LogP contribution in [0.1, 0.15) is 24.2 Å². The van der Waals surface area contributed by atoms with Crippen LogP contribution in [0.3, 0.4) is 0 Å². The largest absolute Gasteiger partial charge is 0.379 e. The average Bonchev–Trinajstić information content (AvgIpc) is 2.79. The average molecular weight is 438 g/mol. The SMILES string of the molecule is CC(C)C(CNC(=O)c1cc(-c2ccc(Cl)cc2)nc2ccccc12)N1CCOCC1. The topological polar surface area (TPSA) is 54.5 Å². The van der Waals surface area contributed by atoms with Crippen molar-refractivity contribution in [2.45, 2.75) is 19.9 Å². The molecule has 1 aliphatic rings. The summed E-state index contributed by atoms with van der Waals surface area (Å²) in [7, 11) is 0. The van der Waals surface area contributed by atoms with Crippen molar-refractivity contribution >= 4 is 28.4 Å². The van der Waals surface area contributed by atoms with Crippen molar-refractivity contribution in [3.8, 4) is 11.3 Å². The molecule has 1 amide bonds. The number of benzene rings is 2. The van der Waals surface area contributed by atoms with Gasteiger partial charge in [-0.25, -0.2) is 4.98 Å². The highest BCUT2D eigenvalue weighted by Crippen LogP contribution is 2.26. The number of para-hydroxylation sites is 1. The molecule has 0 saturated carbocycles. The predicted octanol–water partition coefficient (Wildman–Crippen LogP) is 4.64. The second-order valence-corrected chi connectivity index (χ2v) is 8.69. The van der Waals surface area contributed by atoms with Crippen LogP contribution >= 0.6 is 11.6 Å². The van der Waals surface area contributed by atoms with Gasteiger partial charge < -0.3 is 10.1 Å². The molecule has 3 aromatic rings. The Morgan fingerprint density at radius 1 is 1.13 bits per heavy atom. The van der Waals surface area contributed by atoms with Crippen molar-refractivity contribution in [3.63, 3.8) is 0 Å². The lowest BCUT2D eigenvalue weighted by atomic mass is 10.0. The summed E-state index contributed by atoms with van der Waals surface area (Å²) in [5, 5.41) is 4.71. The fraction of sp³-hybridized carbons (Fsp3) is 0.360. The molecule has 1 N–H and O–H groups in total. The summed E-state index contributed by atoms with van der Waals surface area (Å²) in [5.74, 6) is 0.352. The van der Waals surface area contributed by atoms with Crippen molar-refractivity contribution < 1.29 is 9.53 Å². The molecule has 4 rings (SSSR count). The Labute approximate surface area is 188 Å². The molecule has 1 fully saturated rings. The smallest absolute Gasteiger partial charge is 0.252 e. The van der Waals surface area contributed by atoms with Gasteiger partial charge in [-0.3, -0.25) is 9.69 Å². The number of pyridine rings is 1. The first-order valence-corrected chi connectivity index (χ1v) is 11.2. The minimum absolute atomic E-state index is 0.0762. The van der Waals surface area contributed by atoms with Gasteiger partial charge in [0.15, 0.2) is 0 Å². The summed E-state index contributed by atoms with van der Waals surface area (Å²) in [6.45, 7) is 8.30. The summed E-state index contributed by atoms with van der Waals surface area (Å²) < 4.78 is 5.49. The number of nitrogens with zero attached hydrogens (tertiary/aromatic N) is 2. The predicted molar refractivity (Wildman–Crippen MR) is 126 cm³/mol. The molecule has 0 bridgehead atoms. The van der Waals surface area contributed by atoms with Crippen molar-refractivity contribution in [1.29, 1.82) is 0 Å². The number of rotatable bonds is 6. The van der Waals surface area contributed by atoms with E-state index in [1.807, 2.05) is 54.6 Å². The Hall–Kier alpha value is -2.47. The molecule has 1 saturated heterocycles. The van der Waals surface area contributed by atoms with E-state index in [0.717, 1.165) is 48.5 Å². The third kappa shape index (κ3) is 5.06. The van der Waals surface area contributed by atoms with Crippen LogP contribution in [0.15, 0.2) is 54.6 Å². The van der Waals surface area contributed by atoms with E-state index >= 15 is 0 Å². The first-order chi connectivity index (χ1) is 15.0. The van der Waals surface area contributed by atoms with Gasteiger partial charge in [0.25, 0.3) is 5.91 Å². The Balaban J connectivity index is 1.61. The minimum atomic E-state index is -0.0762. The van der Waals surface area contributed by atoms with Crippen LogP contribution in [-0.2, 0) is 4.74 Å². The van der Waals surface area contributed by atoms with Crippen LogP contribution in [0.2, 0.25) is 5.02 Å². The van der Waals surface area contributed by atoms with E-state index in [0.29, 0.717) is 23.0 Å². The Bertz CT molecular complexity index is 1050. The minimum Gasteiger partial charge on any atom is -0.379 e. The third-order valence-corrected chi connectivity index (χ3v) is 6.11. The molecule has 162 valence electrons. The molecular weight excluding hydrogens is 410 g/mol. The van der Waals surface area contributed by atoms with E-state index in [1.165, 1.54) is 0 Å². The summed E-state index contributed by atoms with van der Waals surface area (Å²) in [4.78, 5) is 20.5. The van der Waals surface area contributed by atoms with Crippen LogP contribution in [0.5, 0.6) is 0 Å². The van der Waals surface area contributed by atoms with Gasteiger partial charge in [0.05, 0.1) is 30.0 Å². The first-order valence-electron chi connectivity index (χ1n) is 10.8. The fourth-order valence-corrected chi connectivity index (χ4v) is 4.25. The standard InChI is InChI=1S/C25H28ClN3O2/c1-17(2)24(29-11-13-31-14-12-29)16-27-25(30)21-15-23(18-7-9-19(26)10-8-18)28-22-6-4-3-5-20(21)22/h3-10,15,17,24H,11-14,16H2,1-2H3,(H,27,30). The Morgan fingerprint density at radius 2 is 1.84 bits per heavy atom. The third-order valence-electron chi connectivity index (χ3n) is 5.86. The van der Waals surface area contributed by atoms with E-state index in [1.54, 1.807) is 0 Å². The van der Waals surface area contributed by atoms with Gasteiger partial charge in [-0.1, -0.05) is 55.8 Å². The molecule has 0 aliphatic carbocycles. The van der Waals surface area contributed by atoms with E-state index in [4.69, 9.17) is 21.3 Å². The number of ether oxygens (including phenoxy) is 1. The van der Waals surface area contributed by atoms with Crippen molar-refractivity contribution in [2.24, 2.45) is 5.92 Å². The number of hydrogen-bond acceptors (Lipinski definition) is 4. The molecule has 1 unspecified atom stereocenters. The van der Waals surface area contributed by atoms with E-state index < -0.39 is 0 Å². The number of carbonyl (C=O) groups is 1. The number of amides is 1. The molecule has 31 heavy (non-hydrogen) atoms. The molecule has 2 heterocycles. The van der Waals surface area contributed by atoms with Gasteiger partial charge >= 0.3 is 0 Å². The number of halogens is 1. The molecule has 2 aromatic carbocycles. The number of aromatic nitrogens is 1. The van der Waals surface area contributed by atoms with Crippen LogP contribution < -0.4 is 5.32 Å². The molecular formula is C25H28ClN3O2. The first kappa shape index (κ1) is 21.8. The molecule has 6 heteroatoms. The van der Waals surface area contributed by atoms with Crippen LogP contribution in [0, 0.1) is 5.92 Å². The van der Waals surface area contributed by atoms with E-state index in [2.05, 4.69) is 24.1 Å². The maximum Gasteiger partial charge on any atom is 0.252 e. The number of fused-ring (bicyclic) bond motifs is 1. The van der Waals surface area contributed by atoms with Crippen molar-refractivity contribution in [1.82, 2.24) is 15.2 Å². The van der Waals surface area contributed by atoms with Gasteiger partial charge in [-0.05, 0) is 30.2 Å². The summed E-state index contributed by atoms with van der Waals surface area (Å²) in [5.41, 5.74) is 3.13. The molecule has 0 radical (unpaired) electrons. The number of nitrogens with one attached hydrogen (secondary N) is 1. The van der Waals surface area contributed by atoms with Crippen molar-refractivity contribution in [3.05, 3.63) is 65.2 Å². The molecule has 0 spiro atoms. The number of carbonyl (C=O) groups excluding carboxylic acids is 1. The lowest BCUT2D eigenvalue weighted by molar-refractivity contribution is 0.00673. The fourth-order valence-electron chi connectivity index (χ4n) is 4.12. The lowest BCUT2D eigenvalue weighted by Gasteiger charge is -2.37. The zero-order valence-electron chi connectivity index (χ0n) is 18.0. The second-order valence-electron chi connectivity index (χ2n) is 8.25. The van der Waals surface area contributed by atoms with Gasteiger partial charge in [-0.2, -0.15) is 0 Å². The van der Waals surface area contributed by atoms with Crippen LogP contribution in [-0.4, -0.2) is 54.7 Å². The van der Waals surface area contributed by atoms with Gasteiger partial charge in [-0.15, -0.1) is 0 Å². The quantitative estimate of drug-likeness (QED) is 0.610. The Kier molecular flexibility index (Phi) is 6.86. The molecule has 5 nitrogen and oxygen atoms in total. The zero-order valence-corrected chi connectivity index (χ0v) is 18.7. The van der Waals surface area contributed by atoms with Crippen LogP contribution in [0.25, 0.3) is 22.2 Å². The number of morpholine rings is 1. The van der Waals surface area contributed by atoms with Gasteiger partial charge in [0.2, 0.25) is 0 Å². The summed E-state index contributed by atoms with van der Waals surface area (Å²) >= 11 is 6.04. The molecule has 1 aromatic heterocycles. The van der Waals surface area contributed by atoms with Gasteiger partial charge in [0, 0.05) is 41.6 Å². The van der Waals surface area contributed by atoms with Crippen LogP contribution in [0.4, 0.5) is 0 Å². The highest BCUT2D eigenvalue weighted by molar-refractivity contribution is 6.30. The van der Waals surface area contributed by atoms with Gasteiger partial charge in [0.1, 0.15) is 0 Å². The summed E-state index contributed by atoms with van der Waals surface area (Å²) in [6.07, 6.45) is 0. The Morgan fingerprint density at radius 3 is 2.55 bits per heavy atom. The maximum absolute atomic E-state index is 13.3. The highest BCUT2D eigenvalue weighted by atomic mass is 35.5. The van der Waals surface area contributed by atoms with E-state index in [-0.39, 0.29) is 11.9 Å². The molecule has 1 atom stereocenters. The van der Waals surface area contributed by atoms with Crippen molar-refractivity contribution in [2.75, 3.05) is 32.8 Å². The second kappa shape index (κ2) is 9.77. The molecule has 1 aliphatic heterocycles. The highest BCUT2D eigenvalue weighted by Gasteiger charge is 2.25. The number of hydrogen-bond donors (Lipinski definition) is 1. The zero-order chi connectivity index (χ0) is 21.8. The lowest BCUT2D eigenvalue weighted by Crippen LogP contribution is -2.51. The monoisotopic (exact) mass is 437 g/mol.